The molecule has 0 spiro atoms. The van der Waals surface area contributed by atoms with Crippen molar-refractivity contribution in [2.45, 2.75) is 32.7 Å². The Labute approximate surface area is 103 Å². The van der Waals surface area contributed by atoms with Crippen molar-refractivity contribution >= 4 is 11.8 Å². The van der Waals surface area contributed by atoms with E-state index in [4.69, 9.17) is 0 Å². The molecule has 0 bridgehead atoms. The minimum absolute atomic E-state index is 0.955. The summed E-state index contributed by atoms with van der Waals surface area (Å²) in [5.41, 5.74) is 2.56. The molecule has 0 unspecified atom stereocenters. The van der Waals surface area contributed by atoms with Gasteiger partial charge < -0.3 is 5.32 Å². The SMILES string of the molecule is CCc1nn(C)cc1CNCCCCSC. The Morgan fingerprint density at radius 1 is 1.44 bits per heavy atom. The standard InChI is InChI=1S/C12H23N3S/c1-4-12-11(10-15(2)14-12)9-13-7-5-6-8-16-3/h10,13H,4-9H2,1-3H3. The van der Waals surface area contributed by atoms with E-state index in [0.717, 1.165) is 19.5 Å². The van der Waals surface area contributed by atoms with Crippen LogP contribution in [0.3, 0.4) is 0 Å². The number of thioether (sulfide) groups is 1. The Morgan fingerprint density at radius 2 is 2.25 bits per heavy atom. The van der Waals surface area contributed by atoms with E-state index in [2.05, 4.69) is 29.8 Å². The van der Waals surface area contributed by atoms with E-state index in [1.165, 1.54) is 29.9 Å². The van der Waals surface area contributed by atoms with Crippen molar-refractivity contribution in [2.24, 2.45) is 7.05 Å². The van der Waals surface area contributed by atoms with Gasteiger partial charge in [0.15, 0.2) is 0 Å². The zero-order valence-corrected chi connectivity index (χ0v) is 11.4. The summed E-state index contributed by atoms with van der Waals surface area (Å²) in [6.45, 7) is 4.22. The third-order valence-electron chi connectivity index (χ3n) is 2.59. The molecule has 1 aromatic rings. The molecule has 92 valence electrons. The van der Waals surface area contributed by atoms with Crippen LogP contribution in [0.5, 0.6) is 0 Å². The van der Waals surface area contributed by atoms with Crippen LogP contribution in [0.4, 0.5) is 0 Å². The molecule has 0 aliphatic carbocycles. The molecule has 3 nitrogen and oxygen atoms in total. The molecule has 16 heavy (non-hydrogen) atoms. The molecular weight excluding hydrogens is 218 g/mol. The van der Waals surface area contributed by atoms with Gasteiger partial charge in [0.05, 0.1) is 5.69 Å². The number of rotatable bonds is 8. The minimum atomic E-state index is 0.955. The van der Waals surface area contributed by atoms with Gasteiger partial charge in [-0.2, -0.15) is 16.9 Å². The van der Waals surface area contributed by atoms with Crippen LogP contribution >= 0.6 is 11.8 Å². The van der Waals surface area contributed by atoms with Gasteiger partial charge in [0.2, 0.25) is 0 Å². The van der Waals surface area contributed by atoms with Crippen LogP contribution in [0.15, 0.2) is 6.20 Å². The fourth-order valence-corrected chi connectivity index (χ4v) is 2.24. The second-order valence-corrected chi connectivity index (χ2v) is 4.99. The molecule has 1 aromatic heterocycles. The van der Waals surface area contributed by atoms with Gasteiger partial charge in [0.1, 0.15) is 0 Å². The van der Waals surface area contributed by atoms with Crippen LogP contribution in [0.2, 0.25) is 0 Å². The Kier molecular flexibility index (Phi) is 6.57. The lowest BCUT2D eigenvalue weighted by atomic mass is 10.2. The normalized spacial score (nSPS) is 10.9. The first-order chi connectivity index (χ1) is 7.77. The average molecular weight is 241 g/mol. The Hall–Kier alpha value is -0.480. The van der Waals surface area contributed by atoms with E-state index in [0.29, 0.717) is 0 Å². The van der Waals surface area contributed by atoms with Crippen molar-refractivity contribution in [3.05, 3.63) is 17.5 Å². The quantitative estimate of drug-likeness (QED) is 0.708. The molecule has 0 radical (unpaired) electrons. The van der Waals surface area contributed by atoms with E-state index in [1.54, 1.807) is 0 Å². The molecule has 1 N–H and O–H groups in total. The highest BCUT2D eigenvalue weighted by Gasteiger charge is 2.04. The second-order valence-electron chi connectivity index (χ2n) is 4.00. The van der Waals surface area contributed by atoms with Gasteiger partial charge in [-0.05, 0) is 37.8 Å². The summed E-state index contributed by atoms with van der Waals surface area (Å²) in [6, 6.07) is 0. The first-order valence-corrected chi connectivity index (χ1v) is 7.38. The van der Waals surface area contributed by atoms with Gasteiger partial charge >= 0.3 is 0 Å². The van der Waals surface area contributed by atoms with Crippen molar-refractivity contribution in [2.75, 3.05) is 18.6 Å². The number of nitrogens with zero attached hydrogens (tertiary/aromatic N) is 2. The zero-order chi connectivity index (χ0) is 11.8. The Balaban J connectivity index is 2.21. The van der Waals surface area contributed by atoms with E-state index in [-0.39, 0.29) is 0 Å². The first kappa shape index (κ1) is 13.6. The van der Waals surface area contributed by atoms with Crippen LogP contribution in [-0.4, -0.2) is 28.3 Å². The second kappa shape index (κ2) is 7.74. The largest absolute Gasteiger partial charge is 0.313 e. The number of unbranched alkanes of at least 4 members (excludes halogenated alkanes) is 1. The van der Waals surface area contributed by atoms with Crippen molar-refractivity contribution in [3.63, 3.8) is 0 Å². The molecule has 0 atom stereocenters. The summed E-state index contributed by atoms with van der Waals surface area (Å²) in [6.07, 6.45) is 7.87. The van der Waals surface area contributed by atoms with Gasteiger partial charge in [0.25, 0.3) is 0 Å². The summed E-state index contributed by atoms with van der Waals surface area (Å²) in [4.78, 5) is 0. The van der Waals surface area contributed by atoms with Gasteiger partial charge in [-0.3, -0.25) is 4.68 Å². The maximum atomic E-state index is 4.43. The topological polar surface area (TPSA) is 29.9 Å². The predicted molar refractivity (Wildman–Crippen MR) is 71.9 cm³/mol. The molecule has 0 saturated heterocycles. The molecule has 0 fully saturated rings. The average Bonchev–Trinajstić information content (AvgIpc) is 2.64. The highest BCUT2D eigenvalue weighted by molar-refractivity contribution is 7.98. The van der Waals surface area contributed by atoms with Crippen LogP contribution in [0.25, 0.3) is 0 Å². The molecule has 0 amide bonds. The van der Waals surface area contributed by atoms with E-state index in [9.17, 15) is 0 Å². The highest BCUT2D eigenvalue weighted by Crippen LogP contribution is 2.06. The molecule has 0 aromatic carbocycles. The van der Waals surface area contributed by atoms with Crippen LogP contribution in [0.1, 0.15) is 31.0 Å². The van der Waals surface area contributed by atoms with Gasteiger partial charge in [0, 0.05) is 25.4 Å². The Morgan fingerprint density at radius 3 is 2.94 bits per heavy atom. The monoisotopic (exact) mass is 241 g/mol. The summed E-state index contributed by atoms with van der Waals surface area (Å²) < 4.78 is 1.91. The highest BCUT2D eigenvalue weighted by atomic mass is 32.2. The molecule has 4 heteroatoms. The molecule has 0 saturated carbocycles. The summed E-state index contributed by atoms with van der Waals surface area (Å²) in [7, 11) is 1.99. The summed E-state index contributed by atoms with van der Waals surface area (Å²) in [5.74, 6) is 1.27. The molecule has 0 aliphatic heterocycles. The number of aromatic nitrogens is 2. The maximum Gasteiger partial charge on any atom is 0.0666 e. The fraction of sp³-hybridized carbons (Fsp3) is 0.750. The van der Waals surface area contributed by atoms with Crippen molar-refractivity contribution < 1.29 is 0 Å². The third kappa shape index (κ3) is 4.58. The first-order valence-electron chi connectivity index (χ1n) is 5.99. The Bertz CT molecular complexity index is 296. The fourth-order valence-electron chi connectivity index (χ4n) is 1.75. The van der Waals surface area contributed by atoms with Crippen molar-refractivity contribution in [1.29, 1.82) is 0 Å². The maximum absolute atomic E-state index is 4.43. The lowest BCUT2D eigenvalue weighted by Crippen LogP contribution is -2.15. The molecule has 1 rings (SSSR count). The number of aryl methyl sites for hydroxylation is 2. The van der Waals surface area contributed by atoms with E-state index < -0.39 is 0 Å². The van der Waals surface area contributed by atoms with Gasteiger partial charge in [-0.25, -0.2) is 0 Å². The van der Waals surface area contributed by atoms with Gasteiger partial charge in [-0.1, -0.05) is 6.92 Å². The van der Waals surface area contributed by atoms with Crippen LogP contribution < -0.4 is 5.32 Å². The number of nitrogens with one attached hydrogen (secondary N) is 1. The zero-order valence-electron chi connectivity index (χ0n) is 10.6. The summed E-state index contributed by atoms with van der Waals surface area (Å²) in [5, 5.41) is 7.92. The van der Waals surface area contributed by atoms with E-state index in [1.807, 2.05) is 23.5 Å². The lowest BCUT2D eigenvalue weighted by molar-refractivity contribution is 0.641. The molecular formula is C12H23N3S. The summed E-state index contributed by atoms with van der Waals surface area (Å²) >= 11 is 1.92. The lowest BCUT2D eigenvalue weighted by Gasteiger charge is -2.03. The van der Waals surface area contributed by atoms with Crippen molar-refractivity contribution in [3.8, 4) is 0 Å². The third-order valence-corrected chi connectivity index (χ3v) is 3.29. The van der Waals surface area contributed by atoms with Gasteiger partial charge in [-0.15, -0.1) is 0 Å². The number of hydrogen-bond donors (Lipinski definition) is 1. The van der Waals surface area contributed by atoms with Crippen LogP contribution in [-0.2, 0) is 20.0 Å². The smallest absolute Gasteiger partial charge is 0.0666 e. The van der Waals surface area contributed by atoms with Crippen molar-refractivity contribution in [1.82, 2.24) is 15.1 Å². The van der Waals surface area contributed by atoms with Crippen LogP contribution in [0, 0.1) is 0 Å². The predicted octanol–water partition coefficient (Wildman–Crippen LogP) is 2.22. The minimum Gasteiger partial charge on any atom is -0.313 e. The molecule has 1 heterocycles. The molecule has 0 aliphatic rings. The van der Waals surface area contributed by atoms with E-state index >= 15 is 0 Å². The number of hydrogen-bond acceptors (Lipinski definition) is 3.